The minimum atomic E-state index is -0.448. The van der Waals surface area contributed by atoms with Crippen molar-refractivity contribution in [2.24, 2.45) is 0 Å². The smallest absolute Gasteiger partial charge is 0.311 e. The third-order valence-electron chi connectivity index (χ3n) is 2.91. The van der Waals surface area contributed by atoms with E-state index in [4.69, 9.17) is 4.74 Å². The van der Waals surface area contributed by atoms with Gasteiger partial charge in [-0.15, -0.1) is 0 Å². The van der Waals surface area contributed by atoms with Crippen molar-refractivity contribution in [2.75, 3.05) is 7.11 Å². The van der Waals surface area contributed by atoms with E-state index in [1.165, 1.54) is 13.2 Å². The van der Waals surface area contributed by atoms with Crippen molar-refractivity contribution >= 4 is 5.69 Å². The van der Waals surface area contributed by atoms with Gasteiger partial charge in [-0.1, -0.05) is 6.07 Å². The lowest BCUT2D eigenvalue weighted by atomic mass is 10.2. The second-order valence-electron chi connectivity index (χ2n) is 4.46. The van der Waals surface area contributed by atoms with Crippen molar-refractivity contribution < 1.29 is 9.66 Å². The van der Waals surface area contributed by atoms with Gasteiger partial charge < -0.3 is 10.1 Å². The van der Waals surface area contributed by atoms with E-state index in [1.54, 1.807) is 18.3 Å². The molecule has 1 aromatic carbocycles. The number of methoxy groups -OCH3 is 1. The van der Waals surface area contributed by atoms with E-state index in [9.17, 15) is 10.1 Å². The van der Waals surface area contributed by atoms with Crippen molar-refractivity contribution in [1.82, 2.24) is 15.3 Å². The molecule has 0 saturated carbocycles. The number of nitrogens with zero attached hydrogens (tertiary/aromatic N) is 3. The summed E-state index contributed by atoms with van der Waals surface area (Å²) in [7, 11) is 1.41. The Balaban J connectivity index is 2.00. The summed E-state index contributed by atoms with van der Waals surface area (Å²) in [6, 6.07) is 6.74. The van der Waals surface area contributed by atoms with E-state index in [2.05, 4.69) is 15.3 Å². The molecule has 110 valence electrons. The van der Waals surface area contributed by atoms with Crippen LogP contribution in [0.3, 0.4) is 0 Å². The molecule has 2 rings (SSSR count). The molecule has 0 aliphatic carbocycles. The number of nitro groups is 1. The van der Waals surface area contributed by atoms with Gasteiger partial charge in [0.05, 0.1) is 17.7 Å². The summed E-state index contributed by atoms with van der Waals surface area (Å²) in [5.74, 6) is 0.976. The van der Waals surface area contributed by atoms with Crippen LogP contribution in [0, 0.1) is 17.0 Å². The highest BCUT2D eigenvalue weighted by Gasteiger charge is 2.14. The van der Waals surface area contributed by atoms with Gasteiger partial charge in [-0.3, -0.25) is 10.1 Å². The van der Waals surface area contributed by atoms with Crippen molar-refractivity contribution in [1.29, 1.82) is 0 Å². The average Bonchev–Trinajstić information content (AvgIpc) is 2.47. The maximum Gasteiger partial charge on any atom is 0.311 e. The summed E-state index contributed by atoms with van der Waals surface area (Å²) in [5.41, 5.74) is 1.66. The van der Waals surface area contributed by atoms with Gasteiger partial charge in [0.25, 0.3) is 0 Å². The second-order valence-corrected chi connectivity index (χ2v) is 4.46. The Morgan fingerprint density at radius 3 is 2.81 bits per heavy atom. The predicted octanol–water partition coefficient (Wildman–Crippen LogP) is 1.99. The van der Waals surface area contributed by atoms with Crippen molar-refractivity contribution in [3.05, 3.63) is 57.7 Å². The number of hydrogen-bond acceptors (Lipinski definition) is 6. The van der Waals surface area contributed by atoms with Crippen LogP contribution in [0.15, 0.2) is 30.5 Å². The molecule has 7 heteroatoms. The first-order valence-corrected chi connectivity index (χ1v) is 6.40. The lowest BCUT2D eigenvalue weighted by molar-refractivity contribution is -0.385. The number of nitrogens with one attached hydrogen (secondary N) is 1. The minimum absolute atomic E-state index is 0.0327. The summed E-state index contributed by atoms with van der Waals surface area (Å²) in [6.45, 7) is 2.91. The third-order valence-corrected chi connectivity index (χ3v) is 2.91. The van der Waals surface area contributed by atoms with Crippen molar-refractivity contribution in [3.8, 4) is 5.75 Å². The Kier molecular flexibility index (Phi) is 4.78. The first-order chi connectivity index (χ1) is 10.1. The van der Waals surface area contributed by atoms with Crippen molar-refractivity contribution in [2.45, 2.75) is 20.0 Å². The van der Waals surface area contributed by atoms with Crippen LogP contribution in [-0.2, 0) is 13.1 Å². The number of benzene rings is 1. The Labute approximate surface area is 122 Å². The zero-order valence-electron chi connectivity index (χ0n) is 11.9. The van der Waals surface area contributed by atoms with Crippen LogP contribution in [-0.4, -0.2) is 22.0 Å². The number of rotatable bonds is 6. The van der Waals surface area contributed by atoms with Gasteiger partial charge in [0.1, 0.15) is 5.82 Å². The monoisotopic (exact) mass is 288 g/mol. The van der Waals surface area contributed by atoms with Crippen LogP contribution in [0.2, 0.25) is 0 Å². The summed E-state index contributed by atoms with van der Waals surface area (Å²) in [5, 5.41) is 14.1. The van der Waals surface area contributed by atoms with Crippen LogP contribution >= 0.6 is 0 Å². The Hall–Kier alpha value is -2.54. The summed E-state index contributed by atoms with van der Waals surface area (Å²) >= 11 is 0. The molecule has 1 N–H and O–H groups in total. The van der Waals surface area contributed by atoms with E-state index in [0.717, 1.165) is 17.1 Å². The minimum Gasteiger partial charge on any atom is -0.490 e. The number of aryl methyl sites for hydroxylation is 1. The van der Waals surface area contributed by atoms with Crippen LogP contribution in [0.5, 0.6) is 5.75 Å². The number of nitro benzene ring substituents is 1. The molecule has 0 radical (unpaired) electrons. The normalized spacial score (nSPS) is 10.4. The van der Waals surface area contributed by atoms with Gasteiger partial charge in [-0.2, -0.15) is 0 Å². The fraction of sp³-hybridized carbons (Fsp3) is 0.286. The van der Waals surface area contributed by atoms with Crippen LogP contribution in [0.1, 0.15) is 17.1 Å². The zero-order chi connectivity index (χ0) is 15.2. The van der Waals surface area contributed by atoms with E-state index in [1.807, 2.05) is 13.0 Å². The summed E-state index contributed by atoms with van der Waals surface area (Å²) < 4.78 is 4.97. The molecule has 7 nitrogen and oxygen atoms in total. The zero-order valence-corrected chi connectivity index (χ0v) is 11.9. The van der Waals surface area contributed by atoms with Gasteiger partial charge in [-0.25, -0.2) is 9.97 Å². The van der Waals surface area contributed by atoms with E-state index in [-0.39, 0.29) is 11.4 Å². The average molecular weight is 288 g/mol. The van der Waals surface area contributed by atoms with E-state index < -0.39 is 4.92 Å². The molecule has 0 atom stereocenters. The molecule has 1 aromatic heterocycles. The number of hydrogen-bond donors (Lipinski definition) is 1. The van der Waals surface area contributed by atoms with E-state index in [0.29, 0.717) is 13.1 Å². The number of ether oxygens (including phenoxy) is 1. The molecule has 0 bridgehead atoms. The maximum absolute atomic E-state index is 11.0. The highest BCUT2D eigenvalue weighted by Crippen LogP contribution is 2.27. The molecular weight excluding hydrogens is 272 g/mol. The van der Waals surface area contributed by atoms with E-state index >= 15 is 0 Å². The molecule has 0 saturated heterocycles. The fourth-order valence-corrected chi connectivity index (χ4v) is 1.93. The Bertz CT molecular complexity index is 646. The largest absolute Gasteiger partial charge is 0.490 e. The van der Waals surface area contributed by atoms with Gasteiger partial charge >= 0.3 is 5.69 Å². The third kappa shape index (κ3) is 3.96. The second kappa shape index (κ2) is 6.76. The maximum atomic E-state index is 11.0. The Morgan fingerprint density at radius 1 is 1.33 bits per heavy atom. The molecular formula is C14H16N4O3. The quantitative estimate of drug-likeness (QED) is 0.645. The molecule has 0 amide bonds. The molecule has 1 heterocycles. The van der Waals surface area contributed by atoms with Gasteiger partial charge in [0, 0.05) is 25.4 Å². The van der Waals surface area contributed by atoms with Gasteiger partial charge in [-0.05, 0) is 24.6 Å². The first kappa shape index (κ1) is 14.9. The molecule has 0 unspecified atom stereocenters. The molecule has 0 spiro atoms. The molecule has 0 aliphatic heterocycles. The Morgan fingerprint density at radius 2 is 2.14 bits per heavy atom. The number of aromatic nitrogens is 2. The predicted molar refractivity (Wildman–Crippen MR) is 77.0 cm³/mol. The van der Waals surface area contributed by atoms with Crippen LogP contribution < -0.4 is 10.1 Å². The molecule has 0 fully saturated rings. The van der Waals surface area contributed by atoms with Crippen LogP contribution in [0.25, 0.3) is 0 Å². The van der Waals surface area contributed by atoms with Crippen LogP contribution in [0.4, 0.5) is 5.69 Å². The molecule has 2 aromatic rings. The van der Waals surface area contributed by atoms with Crippen molar-refractivity contribution in [3.63, 3.8) is 0 Å². The fourth-order valence-electron chi connectivity index (χ4n) is 1.93. The van der Waals surface area contributed by atoms with Gasteiger partial charge in [0.15, 0.2) is 5.75 Å². The first-order valence-electron chi connectivity index (χ1n) is 6.40. The standard InChI is InChI=1S/C14H16N4O3/c1-10-16-6-5-12(17-10)9-15-8-11-3-4-14(21-2)13(7-11)18(19)20/h3-7,15H,8-9H2,1-2H3. The lowest BCUT2D eigenvalue weighted by Crippen LogP contribution is -2.14. The highest BCUT2D eigenvalue weighted by molar-refractivity contribution is 5.48. The van der Waals surface area contributed by atoms with Gasteiger partial charge in [0.2, 0.25) is 0 Å². The highest BCUT2D eigenvalue weighted by atomic mass is 16.6. The lowest BCUT2D eigenvalue weighted by Gasteiger charge is -2.07. The molecule has 0 aliphatic rings. The SMILES string of the molecule is COc1ccc(CNCc2ccnc(C)n2)cc1[N+](=O)[O-]. The topological polar surface area (TPSA) is 90.2 Å². The summed E-state index contributed by atoms with van der Waals surface area (Å²) in [4.78, 5) is 18.8. The summed E-state index contributed by atoms with van der Waals surface area (Å²) in [6.07, 6.45) is 1.71. The molecule has 21 heavy (non-hydrogen) atoms.